The second-order valence-corrected chi connectivity index (χ2v) is 4.36. The Kier molecular flexibility index (Phi) is 4.41. The van der Waals surface area contributed by atoms with E-state index in [9.17, 15) is 0 Å². The highest BCUT2D eigenvalue weighted by molar-refractivity contribution is 5.46. The van der Waals surface area contributed by atoms with Crippen molar-refractivity contribution < 1.29 is 9.84 Å². The molecule has 19 heavy (non-hydrogen) atoms. The third kappa shape index (κ3) is 3.72. The lowest BCUT2D eigenvalue weighted by Crippen LogP contribution is -2.02. The molecule has 0 fully saturated rings. The molecule has 5 heteroatoms. The van der Waals surface area contributed by atoms with Crippen LogP contribution in [-0.2, 0) is 13.6 Å². The third-order valence-electron chi connectivity index (χ3n) is 2.81. The van der Waals surface area contributed by atoms with E-state index in [0.29, 0.717) is 6.61 Å². The van der Waals surface area contributed by atoms with Crippen LogP contribution < -0.4 is 10.1 Å². The smallest absolute Gasteiger partial charge is 0.119 e. The van der Waals surface area contributed by atoms with Crippen molar-refractivity contribution in [1.82, 2.24) is 9.78 Å². The van der Waals surface area contributed by atoms with Crippen LogP contribution in [0.15, 0.2) is 30.5 Å². The fraction of sp³-hybridized carbons (Fsp3) is 0.357. The summed E-state index contributed by atoms with van der Waals surface area (Å²) >= 11 is 0. The van der Waals surface area contributed by atoms with Gasteiger partial charge in [-0.3, -0.25) is 4.68 Å². The molecule has 0 spiro atoms. The molecule has 0 aliphatic rings. The molecule has 0 bridgehead atoms. The maximum atomic E-state index is 8.68. The number of aliphatic hydroxyl groups excluding tert-OH is 1. The lowest BCUT2D eigenvalue weighted by atomic mass is 10.2. The Balaban J connectivity index is 1.91. The molecule has 0 amide bonds. The summed E-state index contributed by atoms with van der Waals surface area (Å²) in [7, 11) is 1.92. The monoisotopic (exact) mass is 261 g/mol. The van der Waals surface area contributed by atoms with Crippen LogP contribution in [0, 0.1) is 6.92 Å². The van der Waals surface area contributed by atoms with Gasteiger partial charge in [-0.1, -0.05) is 0 Å². The molecule has 1 aromatic carbocycles. The molecule has 0 radical (unpaired) electrons. The predicted octanol–water partition coefficient (Wildman–Crippen LogP) is 1.71. The fourth-order valence-electron chi connectivity index (χ4n) is 1.85. The fourth-order valence-corrected chi connectivity index (χ4v) is 1.85. The van der Waals surface area contributed by atoms with Crippen molar-refractivity contribution in [3.63, 3.8) is 0 Å². The number of aliphatic hydroxyl groups is 1. The zero-order valence-electron chi connectivity index (χ0n) is 11.3. The van der Waals surface area contributed by atoms with E-state index in [1.807, 2.05) is 49.1 Å². The van der Waals surface area contributed by atoms with E-state index < -0.39 is 0 Å². The van der Waals surface area contributed by atoms with Crippen LogP contribution in [0.2, 0.25) is 0 Å². The van der Waals surface area contributed by atoms with Crippen molar-refractivity contribution in [1.29, 1.82) is 0 Å². The van der Waals surface area contributed by atoms with Crippen LogP contribution >= 0.6 is 0 Å². The van der Waals surface area contributed by atoms with Gasteiger partial charge in [0.15, 0.2) is 0 Å². The predicted molar refractivity (Wildman–Crippen MR) is 74.3 cm³/mol. The SMILES string of the molecule is Cc1nn(C)cc1CNc1ccc(OCCO)cc1. The van der Waals surface area contributed by atoms with E-state index in [1.54, 1.807) is 0 Å². The molecule has 2 aromatic rings. The lowest BCUT2D eigenvalue weighted by Gasteiger charge is -2.07. The first-order valence-electron chi connectivity index (χ1n) is 6.26. The van der Waals surface area contributed by atoms with Crippen molar-refractivity contribution in [3.8, 4) is 5.75 Å². The summed E-state index contributed by atoms with van der Waals surface area (Å²) in [4.78, 5) is 0. The molecule has 5 nitrogen and oxygen atoms in total. The molecular weight excluding hydrogens is 242 g/mol. The van der Waals surface area contributed by atoms with Crippen LogP contribution in [0.1, 0.15) is 11.3 Å². The Hall–Kier alpha value is -2.01. The van der Waals surface area contributed by atoms with Gasteiger partial charge in [0.25, 0.3) is 0 Å². The third-order valence-corrected chi connectivity index (χ3v) is 2.81. The number of benzene rings is 1. The molecule has 1 aromatic heterocycles. The molecular formula is C14H19N3O2. The Bertz CT molecular complexity index is 520. The number of aryl methyl sites for hydroxylation is 2. The van der Waals surface area contributed by atoms with Gasteiger partial charge in [-0.2, -0.15) is 5.10 Å². The van der Waals surface area contributed by atoms with E-state index in [2.05, 4.69) is 10.4 Å². The first kappa shape index (κ1) is 13.4. The van der Waals surface area contributed by atoms with Crippen molar-refractivity contribution in [2.75, 3.05) is 18.5 Å². The minimum Gasteiger partial charge on any atom is -0.491 e. The molecule has 1 heterocycles. The van der Waals surface area contributed by atoms with Gasteiger partial charge in [0, 0.05) is 31.0 Å². The van der Waals surface area contributed by atoms with E-state index in [4.69, 9.17) is 9.84 Å². The minimum absolute atomic E-state index is 0.0281. The summed E-state index contributed by atoms with van der Waals surface area (Å²) in [5.74, 6) is 0.761. The Labute approximate surface area is 112 Å². The number of aromatic nitrogens is 2. The maximum Gasteiger partial charge on any atom is 0.119 e. The van der Waals surface area contributed by atoms with E-state index in [-0.39, 0.29) is 6.61 Å². The van der Waals surface area contributed by atoms with Crippen molar-refractivity contribution in [2.45, 2.75) is 13.5 Å². The Morgan fingerprint density at radius 2 is 2.05 bits per heavy atom. The summed E-state index contributed by atoms with van der Waals surface area (Å²) in [6, 6.07) is 7.68. The summed E-state index contributed by atoms with van der Waals surface area (Å²) < 4.78 is 7.12. The van der Waals surface area contributed by atoms with Crippen LogP contribution in [-0.4, -0.2) is 28.1 Å². The Morgan fingerprint density at radius 3 is 2.63 bits per heavy atom. The molecule has 2 rings (SSSR count). The van der Waals surface area contributed by atoms with Gasteiger partial charge in [0.05, 0.1) is 12.3 Å². The summed E-state index contributed by atoms with van der Waals surface area (Å²) in [5, 5.41) is 16.3. The van der Waals surface area contributed by atoms with Gasteiger partial charge in [-0.05, 0) is 31.2 Å². The molecule has 0 aliphatic carbocycles. The van der Waals surface area contributed by atoms with E-state index in [0.717, 1.165) is 23.7 Å². The Morgan fingerprint density at radius 1 is 1.32 bits per heavy atom. The van der Waals surface area contributed by atoms with Gasteiger partial charge < -0.3 is 15.2 Å². The number of nitrogens with one attached hydrogen (secondary N) is 1. The molecule has 0 saturated carbocycles. The first-order valence-corrected chi connectivity index (χ1v) is 6.26. The first-order chi connectivity index (χ1) is 9.19. The van der Waals surface area contributed by atoms with Gasteiger partial charge in [0.2, 0.25) is 0 Å². The normalized spacial score (nSPS) is 10.5. The average Bonchev–Trinajstić information content (AvgIpc) is 2.73. The molecule has 0 saturated heterocycles. The summed E-state index contributed by atoms with van der Waals surface area (Å²) in [6.45, 7) is 3.10. The quantitative estimate of drug-likeness (QED) is 0.831. The van der Waals surface area contributed by atoms with Gasteiger partial charge in [-0.25, -0.2) is 0 Å². The van der Waals surface area contributed by atoms with E-state index >= 15 is 0 Å². The molecule has 0 aliphatic heterocycles. The van der Waals surface area contributed by atoms with Crippen LogP contribution in [0.3, 0.4) is 0 Å². The number of hydrogen-bond acceptors (Lipinski definition) is 4. The molecule has 102 valence electrons. The number of nitrogens with zero attached hydrogens (tertiary/aromatic N) is 2. The van der Waals surface area contributed by atoms with E-state index in [1.165, 1.54) is 5.56 Å². The average molecular weight is 261 g/mol. The maximum absolute atomic E-state index is 8.68. The number of anilines is 1. The second kappa shape index (κ2) is 6.24. The standard InChI is InChI=1S/C14H19N3O2/c1-11-12(10-17(2)16-11)9-15-13-3-5-14(6-4-13)19-8-7-18/h3-6,10,15,18H,7-9H2,1-2H3. The van der Waals surface area contributed by atoms with Crippen molar-refractivity contribution >= 4 is 5.69 Å². The number of hydrogen-bond donors (Lipinski definition) is 2. The zero-order chi connectivity index (χ0) is 13.7. The highest BCUT2D eigenvalue weighted by atomic mass is 16.5. The number of rotatable bonds is 6. The zero-order valence-corrected chi connectivity index (χ0v) is 11.3. The van der Waals surface area contributed by atoms with Crippen LogP contribution in [0.5, 0.6) is 5.75 Å². The van der Waals surface area contributed by atoms with Gasteiger partial charge >= 0.3 is 0 Å². The largest absolute Gasteiger partial charge is 0.491 e. The highest BCUT2D eigenvalue weighted by Crippen LogP contribution is 2.16. The van der Waals surface area contributed by atoms with Crippen LogP contribution in [0.25, 0.3) is 0 Å². The van der Waals surface area contributed by atoms with Crippen LogP contribution in [0.4, 0.5) is 5.69 Å². The molecule has 0 unspecified atom stereocenters. The molecule has 0 atom stereocenters. The van der Waals surface area contributed by atoms with Gasteiger partial charge in [0.1, 0.15) is 12.4 Å². The minimum atomic E-state index is 0.0281. The molecule has 2 N–H and O–H groups in total. The summed E-state index contributed by atoms with van der Waals surface area (Å²) in [5.41, 5.74) is 3.25. The van der Waals surface area contributed by atoms with Crippen molar-refractivity contribution in [2.24, 2.45) is 7.05 Å². The second-order valence-electron chi connectivity index (χ2n) is 4.36. The topological polar surface area (TPSA) is 59.3 Å². The highest BCUT2D eigenvalue weighted by Gasteiger charge is 2.02. The number of ether oxygens (including phenoxy) is 1. The van der Waals surface area contributed by atoms with Gasteiger partial charge in [-0.15, -0.1) is 0 Å². The lowest BCUT2D eigenvalue weighted by molar-refractivity contribution is 0.201. The summed E-state index contributed by atoms with van der Waals surface area (Å²) in [6.07, 6.45) is 2.01. The van der Waals surface area contributed by atoms with Crippen molar-refractivity contribution in [3.05, 3.63) is 41.7 Å².